The molecule has 0 amide bonds. The maximum Gasteiger partial charge on any atom is 0.263 e. The normalized spacial score (nSPS) is 24.7. The van der Waals surface area contributed by atoms with Crippen molar-refractivity contribution < 1.29 is 13.2 Å². The summed E-state index contributed by atoms with van der Waals surface area (Å²) in [6.45, 7) is 1.69. The molecule has 0 unspecified atom stereocenters. The van der Waals surface area contributed by atoms with Crippen molar-refractivity contribution in [1.82, 2.24) is 14.3 Å². The van der Waals surface area contributed by atoms with Crippen LogP contribution in [0.2, 0.25) is 0 Å². The Kier molecular flexibility index (Phi) is 5.99. The molecule has 1 aromatic heterocycles. The molecule has 0 radical (unpaired) electrons. The predicted molar refractivity (Wildman–Crippen MR) is 121 cm³/mol. The summed E-state index contributed by atoms with van der Waals surface area (Å²) < 4.78 is 37.8. The Labute approximate surface area is 187 Å². The molecule has 5 rings (SSSR count). The monoisotopic (exact) mass is 460 g/mol. The lowest BCUT2D eigenvalue weighted by Crippen LogP contribution is -2.44. The van der Waals surface area contributed by atoms with Crippen LogP contribution in [-0.4, -0.2) is 41.9 Å². The number of likely N-dealkylation sites (tertiary alicyclic amines) is 1. The van der Waals surface area contributed by atoms with E-state index in [1.165, 1.54) is 51.3 Å². The van der Waals surface area contributed by atoms with E-state index in [1.807, 2.05) is 6.07 Å². The van der Waals surface area contributed by atoms with E-state index in [0.29, 0.717) is 18.4 Å². The van der Waals surface area contributed by atoms with Gasteiger partial charge in [-0.2, -0.15) is 4.37 Å². The first-order valence-corrected chi connectivity index (χ1v) is 13.4. The van der Waals surface area contributed by atoms with Gasteiger partial charge in [0.2, 0.25) is 5.13 Å². The zero-order valence-electron chi connectivity index (χ0n) is 17.5. The highest BCUT2D eigenvalue weighted by Gasteiger charge is 2.35. The summed E-state index contributed by atoms with van der Waals surface area (Å²) in [6.07, 6.45) is 13.5. The molecule has 1 aromatic carbocycles. The molecule has 166 valence electrons. The lowest BCUT2D eigenvalue weighted by molar-refractivity contribution is 0.0811. The number of benzene rings is 1. The minimum absolute atomic E-state index is 0.187. The number of ether oxygens (including phenoxy) is 1. The molecule has 1 fully saturated rings. The van der Waals surface area contributed by atoms with E-state index in [1.54, 1.807) is 17.7 Å². The first-order valence-electron chi connectivity index (χ1n) is 11.1. The molecule has 2 atom stereocenters. The summed E-state index contributed by atoms with van der Waals surface area (Å²) in [5.74, 6) is 0.679. The molecule has 0 bridgehead atoms. The second kappa shape index (κ2) is 8.88. The summed E-state index contributed by atoms with van der Waals surface area (Å²) in [7, 11) is -3.73. The molecule has 1 N–H and O–H groups in total. The van der Waals surface area contributed by atoms with Gasteiger partial charge in [-0.3, -0.25) is 9.62 Å². The first-order chi connectivity index (χ1) is 15.1. The van der Waals surface area contributed by atoms with Gasteiger partial charge in [-0.1, -0.05) is 24.1 Å². The van der Waals surface area contributed by atoms with Gasteiger partial charge in [0.25, 0.3) is 10.0 Å². The minimum atomic E-state index is -3.73. The topological polar surface area (TPSA) is 84.4 Å². The number of aromatic nitrogens is 2. The van der Waals surface area contributed by atoms with E-state index in [-0.39, 0.29) is 16.1 Å². The lowest BCUT2D eigenvalue weighted by atomic mass is 9.85. The maximum absolute atomic E-state index is 12.8. The highest BCUT2D eigenvalue weighted by atomic mass is 32.2. The third-order valence-electron chi connectivity index (χ3n) is 6.58. The van der Waals surface area contributed by atoms with Gasteiger partial charge in [-0.05, 0) is 51.1 Å². The number of fused-ring (bicyclic) bond motifs is 1. The molecule has 7 nitrogen and oxygen atoms in total. The fraction of sp³-hybridized carbons (Fsp3) is 0.545. The van der Waals surface area contributed by atoms with E-state index >= 15 is 0 Å². The first kappa shape index (κ1) is 20.9. The quantitative estimate of drug-likeness (QED) is 0.661. The summed E-state index contributed by atoms with van der Waals surface area (Å²) >= 11 is 1.01. The van der Waals surface area contributed by atoms with E-state index in [2.05, 4.69) is 25.1 Å². The second-order valence-electron chi connectivity index (χ2n) is 8.48. The van der Waals surface area contributed by atoms with Crippen molar-refractivity contribution in [2.45, 2.75) is 68.3 Å². The van der Waals surface area contributed by atoms with Crippen LogP contribution in [0.5, 0.6) is 5.75 Å². The zero-order chi connectivity index (χ0) is 21.3. The van der Waals surface area contributed by atoms with Gasteiger partial charge >= 0.3 is 0 Å². The fourth-order valence-corrected chi connectivity index (χ4v) is 6.82. The Balaban J connectivity index is 1.42. The van der Waals surface area contributed by atoms with E-state index < -0.39 is 10.0 Å². The van der Waals surface area contributed by atoms with Crippen molar-refractivity contribution in [3.05, 3.63) is 41.7 Å². The van der Waals surface area contributed by atoms with Crippen LogP contribution in [0.15, 0.2) is 41.1 Å². The lowest BCUT2D eigenvalue weighted by Gasteiger charge is -2.45. The molecule has 1 saturated heterocycles. The Hall–Kier alpha value is -1.97. The van der Waals surface area contributed by atoms with Gasteiger partial charge in [-0.15, -0.1) is 0 Å². The smallest absolute Gasteiger partial charge is 0.263 e. The van der Waals surface area contributed by atoms with Crippen molar-refractivity contribution in [2.75, 3.05) is 17.9 Å². The van der Waals surface area contributed by atoms with Crippen molar-refractivity contribution >= 4 is 26.7 Å². The van der Waals surface area contributed by atoms with Gasteiger partial charge in [0.05, 0.1) is 11.5 Å². The van der Waals surface area contributed by atoms with Crippen LogP contribution in [-0.2, 0) is 10.0 Å². The van der Waals surface area contributed by atoms with Crippen LogP contribution in [0.1, 0.15) is 63.0 Å². The Morgan fingerprint density at radius 1 is 1.13 bits per heavy atom. The molecule has 0 saturated carbocycles. The summed E-state index contributed by atoms with van der Waals surface area (Å²) in [6, 6.07) is 6.05. The van der Waals surface area contributed by atoms with Gasteiger partial charge in [0.15, 0.2) is 0 Å². The second-order valence-corrected chi connectivity index (χ2v) is 10.9. The average Bonchev–Trinajstić information content (AvgIpc) is 3.31. The summed E-state index contributed by atoms with van der Waals surface area (Å²) in [5.41, 5.74) is 2.71. The van der Waals surface area contributed by atoms with Crippen LogP contribution in [0.4, 0.5) is 5.13 Å². The van der Waals surface area contributed by atoms with Crippen molar-refractivity contribution in [2.24, 2.45) is 0 Å². The Bertz CT molecular complexity index is 1050. The molecule has 9 heteroatoms. The SMILES string of the molecule is O=S(=O)(Nc1ncns1)c1ccc2c(c1)OCC[C@@H]2N1CCCC[C@@H]1C1=CCCCC1. The van der Waals surface area contributed by atoms with E-state index in [0.717, 1.165) is 30.1 Å². The van der Waals surface area contributed by atoms with Crippen LogP contribution in [0, 0.1) is 0 Å². The Morgan fingerprint density at radius 3 is 2.87 bits per heavy atom. The number of sulfonamides is 1. The third-order valence-corrected chi connectivity index (χ3v) is 8.63. The number of nitrogens with one attached hydrogen (secondary N) is 1. The summed E-state index contributed by atoms with van der Waals surface area (Å²) in [4.78, 5) is 6.76. The highest BCUT2D eigenvalue weighted by molar-refractivity contribution is 7.93. The molecule has 2 aliphatic heterocycles. The maximum atomic E-state index is 12.8. The molecular weight excluding hydrogens is 432 g/mol. The fourth-order valence-electron chi connectivity index (χ4n) is 5.15. The van der Waals surface area contributed by atoms with Crippen molar-refractivity contribution in [1.29, 1.82) is 0 Å². The standard InChI is InChI=1S/C22H28N4O3S2/c27-31(28,25-22-23-15-24-30-22)17-9-10-18-20(11-13-29-21(18)14-17)26-12-5-4-8-19(26)16-6-2-1-3-7-16/h6,9-10,14-15,19-20H,1-5,7-8,11-13H2,(H,23,24,25)/t19-,20+/m1/s1. The molecule has 1 aliphatic carbocycles. The van der Waals surface area contributed by atoms with E-state index in [4.69, 9.17) is 4.74 Å². The van der Waals surface area contributed by atoms with Gasteiger partial charge in [-0.25, -0.2) is 13.4 Å². The molecule has 0 spiro atoms. The number of anilines is 1. The van der Waals surface area contributed by atoms with Crippen LogP contribution in [0.3, 0.4) is 0 Å². The third kappa shape index (κ3) is 4.36. The molecule has 2 aromatic rings. The van der Waals surface area contributed by atoms with Crippen LogP contribution < -0.4 is 9.46 Å². The Morgan fingerprint density at radius 2 is 2.06 bits per heavy atom. The van der Waals surface area contributed by atoms with Gasteiger partial charge in [0.1, 0.15) is 12.1 Å². The predicted octanol–water partition coefficient (Wildman–Crippen LogP) is 4.52. The van der Waals surface area contributed by atoms with Crippen molar-refractivity contribution in [3.8, 4) is 5.75 Å². The van der Waals surface area contributed by atoms with Crippen LogP contribution >= 0.6 is 11.5 Å². The number of hydrogen-bond acceptors (Lipinski definition) is 7. The highest BCUT2D eigenvalue weighted by Crippen LogP contribution is 2.42. The molecular formula is C22H28N4O3S2. The van der Waals surface area contributed by atoms with E-state index in [9.17, 15) is 8.42 Å². The molecule has 3 heterocycles. The average molecular weight is 461 g/mol. The van der Waals surface area contributed by atoms with Crippen molar-refractivity contribution in [3.63, 3.8) is 0 Å². The molecule has 3 aliphatic rings. The summed E-state index contributed by atoms with van der Waals surface area (Å²) in [5, 5.41) is 0.258. The molecule has 31 heavy (non-hydrogen) atoms. The van der Waals surface area contributed by atoms with Crippen LogP contribution in [0.25, 0.3) is 0 Å². The minimum Gasteiger partial charge on any atom is -0.493 e. The zero-order valence-corrected chi connectivity index (χ0v) is 19.1. The number of hydrogen-bond donors (Lipinski definition) is 1. The number of nitrogens with zero attached hydrogens (tertiary/aromatic N) is 3. The number of piperidine rings is 1. The number of rotatable bonds is 5. The largest absolute Gasteiger partial charge is 0.493 e. The number of allylic oxidation sites excluding steroid dienone is 1. The van der Waals surface area contributed by atoms with Gasteiger partial charge < -0.3 is 4.74 Å². The van der Waals surface area contributed by atoms with Gasteiger partial charge in [0, 0.05) is 41.7 Å².